The third-order valence-corrected chi connectivity index (χ3v) is 4.86. The normalized spacial score (nSPS) is 10.7. The molecule has 0 aliphatic carbocycles. The maximum atomic E-state index is 5.44. The van der Waals surface area contributed by atoms with E-state index < -0.39 is 0 Å². The van der Waals surface area contributed by atoms with E-state index in [4.69, 9.17) is 14.2 Å². The highest BCUT2D eigenvalue weighted by Crippen LogP contribution is 2.40. The molecule has 0 aliphatic heterocycles. The minimum atomic E-state index is 0.534. The van der Waals surface area contributed by atoms with Gasteiger partial charge in [0.05, 0.1) is 39.6 Å². The number of methoxy groups -OCH3 is 3. The molecule has 3 aromatic heterocycles. The van der Waals surface area contributed by atoms with E-state index in [2.05, 4.69) is 30.2 Å². The van der Waals surface area contributed by atoms with Gasteiger partial charge in [-0.3, -0.25) is 4.98 Å². The summed E-state index contributed by atoms with van der Waals surface area (Å²) in [5, 5.41) is 6.47. The molecule has 2 N–H and O–H groups in total. The zero-order valence-corrected chi connectivity index (χ0v) is 17.8. The summed E-state index contributed by atoms with van der Waals surface area (Å²) in [6.07, 6.45) is 5.36. The van der Waals surface area contributed by atoms with Crippen molar-refractivity contribution in [2.24, 2.45) is 0 Å². The first-order valence-electron chi connectivity index (χ1n) is 9.66. The van der Waals surface area contributed by atoms with Gasteiger partial charge in [0.25, 0.3) is 0 Å². The number of fused-ring (bicyclic) bond motifs is 1. The van der Waals surface area contributed by atoms with E-state index in [0.717, 1.165) is 28.2 Å². The van der Waals surface area contributed by atoms with Gasteiger partial charge in [-0.15, -0.1) is 0 Å². The van der Waals surface area contributed by atoms with Crippen LogP contribution >= 0.6 is 0 Å². The number of aromatic nitrogens is 4. The van der Waals surface area contributed by atoms with Crippen molar-refractivity contribution in [3.05, 3.63) is 54.5 Å². The molecule has 0 fully saturated rings. The van der Waals surface area contributed by atoms with Gasteiger partial charge in [0, 0.05) is 43.3 Å². The van der Waals surface area contributed by atoms with Crippen LogP contribution in [0.25, 0.3) is 11.0 Å². The Morgan fingerprint density at radius 1 is 1.00 bits per heavy atom. The number of nitrogens with zero attached hydrogens (tertiary/aromatic N) is 4. The average Bonchev–Trinajstić information content (AvgIpc) is 3.15. The van der Waals surface area contributed by atoms with Gasteiger partial charge in [0.15, 0.2) is 11.5 Å². The minimum Gasteiger partial charge on any atom is -0.493 e. The first kappa shape index (κ1) is 20.3. The van der Waals surface area contributed by atoms with E-state index in [9.17, 15) is 0 Å². The average molecular weight is 420 g/mol. The van der Waals surface area contributed by atoms with Gasteiger partial charge in [0.2, 0.25) is 11.7 Å². The molecular formula is C22H24N6O3. The molecule has 9 nitrogen and oxygen atoms in total. The van der Waals surface area contributed by atoms with Crippen LogP contribution < -0.4 is 24.8 Å². The molecule has 0 bridgehead atoms. The summed E-state index contributed by atoms with van der Waals surface area (Å²) >= 11 is 0. The lowest BCUT2D eigenvalue weighted by Gasteiger charge is -2.15. The van der Waals surface area contributed by atoms with Crippen LogP contribution in [0, 0.1) is 0 Å². The van der Waals surface area contributed by atoms with E-state index in [-0.39, 0.29) is 0 Å². The van der Waals surface area contributed by atoms with E-state index in [1.54, 1.807) is 33.7 Å². The number of rotatable bonds is 8. The molecule has 160 valence electrons. The van der Waals surface area contributed by atoms with Crippen molar-refractivity contribution >= 4 is 28.5 Å². The molecular weight excluding hydrogens is 396 g/mol. The molecule has 0 unspecified atom stereocenters. The highest BCUT2D eigenvalue weighted by Gasteiger charge is 2.15. The topological polar surface area (TPSA) is 95.4 Å². The summed E-state index contributed by atoms with van der Waals surface area (Å²) in [5.74, 6) is 3.07. The maximum absolute atomic E-state index is 5.44. The molecule has 9 heteroatoms. The Morgan fingerprint density at radius 3 is 2.39 bits per heavy atom. The van der Waals surface area contributed by atoms with Gasteiger partial charge in [-0.05, 0) is 11.6 Å². The van der Waals surface area contributed by atoms with Crippen molar-refractivity contribution in [1.82, 2.24) is 19.5 Å². The zero-order chi connectivity index (χ0) is 21.8. The number of anilines is 3. The fraction of sp³-hybridized carbons (Fsp3) is 0.227. The number of nitrogens with one attached hydrogen (secondary N) is 2. The zero-order valence-electron chi connectivity index (χ0n) is 17.8. The highest BCUT2D eigenvalue weighted by atomic mass is 16.5. The first-order chi connectivity index (χ1) is 15.2. The van der Waals surface area contributed by atoms with Crippen LogP contribution in [0.5, 0.6) is 17.2 Å². The summed E-state index contributed by atoms with van der Waals surface area (Å²) in [4.78, 5) is 13.4. The van der Waals surface area contributed by atoms with Gasteiger partial charge in [-0.1, -0.05) is 6.07 Å². The molecule has 0 saturated heterocycles. The Kier molecular flexibility index (Phi) is 5.74. The number of imidazole rings is 1. The second-order valence-electron chi connectivity index (χ2n) is 6.73. The molecule has 4 aromatic rings. The monoisotopic (exact) mass is 420 g/mol. The van der Waals surface area contributed by atoms with Crippen LogP contribution in [-0.4, -0.2) is 47.9 Å². The smallest absolute Gasteiger partial charge is 0.203 e. The molecule has 0 aliphatic rings. The molecule has 3 heterocycles. The second-order valence-corrected chi connectivity index (χ2v) is 6.73. The fourth-order valence-electron chi connectivity index (χ4n) is 3.42. The van der Waals surface area contributed by atoms with Crippen molar-refractivity contribution < 1.29 is 14.2 Å². The lowest BCUT2D eigenvalue weighted by Crippen LogP contribution is -2.05. The second kappa shape index (κ2) is 8.78. The summed E-state index contributed by atoms with van der Waals surface area (Å²) in [5.41, 5.74) is 3.57. The van der Waals surface area contributed by atoms with E-state index >= 15 is 0 Å². The third kappa shape index (κ3) is 4.02. The van der Waals surface area contributed by atoms with Gasteiger partial charge >= 0.3 is 0 Å². The fourth-order valence-corrected chi connectivity index (χ4v) is 3.42. The predicted molar refractivity (Wildman–Crippen MR) is 120 cm³/mol. The predicted octanol–water partition coefficient (Wildman–Crippen LogP) is 3.69. The number of benzene rings is 1. The molecule has 0 radical (unpaired) electrons. The molecule has 1 aromatic carbocycles. The van der Waals surface area contributed by atoms with Crippen LogP contribution in [0.2, 0.25) is 0 Å². The number of ether oxygens (including phenoxy) is 3. The largest absolute Gasteiger partial charge is 0.493 e. The van der Waals surface area contributed by atoms with Crippen LogP contribution in [0.1, 0.15) is 5.56 Å². The first-order valence-corrected chi connectivity index (χ1v) is 9.66. The summed E-state index contributed by atoms with van der Waals surface area (Å²) in [7, 11) is 6.60. The Hall–Kier alpha value is -4.01. The Morgan fingerprint density at radius 2 is 1.77 bits per heavy atom. The van der Waals surface area contributed by atoms with Crippen LogP contribution in [0.15, 0.2) is 48.9 Å². The standard InChI is InChI=1S/C22H24N6O3/c1-23-22-27-16-12-25-20(10-17(16)28(22)13-14-6-5-7-24-11-14)26-15-8-18(29-2)21(31-4)19(9-15)30-3/h5-12H,13H2,1-4H3,(H,23,27)(H,25,26). The molecule has 4 rings (SSSR count). The highest BCUT2D eigenvalue weighted by molar-refractivity contribution is 5.81. The maximum Gasteiger partial charge on any atom is 0.203 e. The quantitative estimate of drug-likeness (QED) is 0.446. The third-order valence-electron chi connectivity index (χ3n) is 4.86. The number of hydrogen-bond acceptors (Lipinski definition) is 8. The van der Waals surface area contributed by atoms with Gasteiger partial charge in [0.1, 0.15) is 11.3 Å². The molecule has 0 amide bonds. The molecule has 31 heavy (non-hydrogen) atoms. The molecule has 0 saturated carbocycles. The van der Waals surface area contributed by atoms with Crippen LogP contribution in [0.4, 0.5) is 17.5 Å². The van der Waals surface area contributed by atoms with Crippen LogP contribution in [-0.2, 0) is 6.54 Å². The minimum absolute atomic E-state index is 0.534. The van der Waals surface area contributed by atoms with Crippen molar-refractivity contribution in [3.8, 4) is 17.2 Å². The Bertz CT molecular complexity index is 1170. The Labute approximate surface area is 180 Å². The Balaban J connectivity index is 1.72. The van der Waals surface area contributed by atoms with Gasteiger partial charge < -0.3 is 29.4 Å². The lowest BCUT2D eigenvalue weighted by molar-refractivity contribution is 0.324. The van der Waals surface area contributed by atoms with Crippen LogP contribution in [0.3, 0.4) is 0 Å². The molecule has 0 spiro atoms. The van der Waals surface area contributed by atoms with E-state index in [0.29, 0.717) is 29.6 Å². The van der Waals surface area contributed by atoms with Crippen molar-refractivity contribution in [3.63, 3.8) is 0 Å². The van der Waals surface area contributed by atoms with Gasteiger partial charge in [-0.2, -0.15) is 0 Å². The van der Waals surface area contributed by atoms with Crippen molar-refractivity contribution in [1.29, 1.82) is 0 Å². The number of pyridine rings is 2. The summed E-state index contributed by atoms with van der Waals surface area (Å²) in [6, 6.07) is 9.59. The van der Waals surface area contributed by atoms with E-state index in [1.807, 2.05) is 43.6 Å². The summed E-state index contributed by atoms with van der Waals surface area (Å²) < 4.78 is 18.4. The molecule has 0 atom stereocenters. The number of hydrogen-bond donors (Lipinski definition) is 2. The van der Waals surface area contributed by atoms with E-state index in [1.165, 1.54) is 0 Å². The van der Waals surface area contributed by atoms with Crippen molar-refractivity contribution in [2.45, 2.75) is 6.54 Å². The lowest BCUT2D eigenvalue weighted by atomic mass is 10.2. The summed E-state index contributed by atoms with van der Waals surface area (Å²) in [6.45, 7) is 0.633. The van der Waals surface area contributed by atoms with Crippen molar-refractivity contribution in [2.75, 3.05) is 39.0 Å². The SMILES string of the molecule is CNc1nc2cnc(Nc3cc(OC)c(OC)c(OC)c3)cc2n1Cc1cccnc1. The van der Waals surface area contributed by atoms with Gasteiger partial charge in [-0.25, -0.2) is 9.97 Å².